The van der Waals surface area contributed by atoms with Crippen molar-refractivity contribution in [3.63, 3.8) is 0 Å². The van der Waals surface area contributed by atoms with Crippen molar-refractivity contribution in [1.82, 2.24) is 19.1 Å². The molecule has 3 aromatic carbocycles. The number of piperidine rings is 2. The zero-order chi connectivity index (χ0) is 40.9. The number of benzene rings is 3. The van der Waals surface area contributed by atoms with E-state index in [-0.39, 0.29) is 12.6 Å². The van der Waals surface area contributed by atoms with Gasteiger partial charge in [-0.15, -0.1) is 0 Å². The molecule has 0 radical (unpaired) electrons. The number of hydrogen-bond donors (Lipinski definition) is 1. The predicted molar refractivity (Wildman–Crippen MR) is 217 cm³/mol. The first-order valence-corrected chi connectivity index (χ1v) is 19.5. The Morgan fingerprint density at radius 2 is 1.07 bits per heavy atom. The average Bonchev–Trinajstić information content (AvgIpc) is 3.76. The number of aliphatic carboxylic acids is 1. The minimum Gasteiger partial charge on any atom is -0.480 e. The molecule has 1 N–H and O–H groups in total. The highest BCUT2D eigenvalue weighted by Gasteiger charge is 2.36. The van der Waals surface area contributed by atoms with E-state index >= 15 is 0 Å². The van der Waals surface area contributed by atoms with Gasteiger partial charge in [-0.1, -0.05) is 54.6 Å². The highest BCUT2D eigenvalue weighted by molar-refractivity contribution is 5.93. The molecule has 57 heavy (non-hydrogen) atoms. The normalized spacial score (nSPS) is 17.4. The fourth-order valence-electron chi connectivity index (χ4n) is 7.06. The van der Waals surface area contributed by atoms with Crippen LogP contribution in [0.15, 0.2) is 78.9 Å². The Balaban J connectivity index is 0.000000199. The number of aromatic nitrogens is 4. The van der Waals surface area contributed by atoms with Crippen molar-refractivity contribution in [1.29, 1.82) is 0 Å². The van der Waals surface area contributed by atoms with Crippen LogP contribution in [0, 0.1) is 0 Å². The number of para-hydroxylation sites is 4. The number of carboxylic acid groups (broad SMARTS) is 1. The summed E-state index contributed by atoms with van der Waals surface area (Å²) in [6.07, 6.45) is 3.64. The van der Waals surface area contributed by atoms with Gasteiger partial charge in [0.1, 0.15) is 29.9 Å². The van der Waals surface area contributed by atoms with Crippen LogP contribution in [-0.2, 0) is 30.4 Å². The summed E-state index contributed by atoms with van der Waals surface area (Å²) < 4.78 is 19.7. The molecule has 2 aliphatic rings. The first-order chi connectivity index (χ1) is 27.1. The topological polar surface area (TPSA) is 158 Å². The number of carboxylic acids is 1. The van der Waals surface area contributed by atoms with E-state index in [0.29, 0.717) is 59.9 Å². The second kappa shape index (κ2) is 17.1. The van der Waals surface area contributed by atoms with Gasteiger partial charge in [0, 0.05) is 13.1 Å². The molecule has 0 amide bonds. The Kier molecular flexibility index (Phi) is 12.2. The Bertz CT molecular complexity index is 2220. The van der Waals surface area contributed by atoms with Crippen molar-refractivity contribution in [2.24, 2.45) is 0 Å². The molecule has 5 aromatic rings. The molecule has 4 heterocycles. The lowest BCUT2D eigenvalue weighted by molar-refractivity contribution is -0.147. The Morgan fingerprint density at radius 3 is 1.54 bits per heavy atom. The second-order valence-electron chi connectivity index (χ2n) is 16.3. The molecule has 0 aliphatic carbocycles. The Hall–Kier alpha value is -5.92. The molecular weight excluding hydrogens is 729 g/mol. The van der Waals surface area contributed by atoms with Gasteiger partial charge in [-0.25, -0.2) is 38.3 Å². The molecule has 0 spiro atoms. The zero-order valence-corrected chi connectivity index (χ0v) is 33.5. The molecule has 2 atom stereocenters. The van der Waals surface area contributed by atoms with Gasteiger partial charge in [-0.3, -0.25) is 0 Å². The van der Waals surface area contributed by atoms with Crippen molar-refractivity contribution in [3.8, 4) is 0 Å². The smallest absolute Gasteiger partial charge is 0.421 e. The molecule has 2 aromatic heterocycles. The quantitative estimate of drug-likeness (QED) is 0.130. The van der Waals surface area contributed by atoms with Crippen molar-refractivity contribution in [2.75, 3.05) is 22.9 Å². The van der Waals surface area contributed by atoms with Crippen LogP contribution in [-0.4, -0.2) is 84.7 Å². The molecule has 0 unspecified atom stereocenters. The summed E-state index contributed by atoms with van der Waals surface area (Å²) in [5.41, 5.74) is 2.20. The van der Waals surface area contributed by atoms with Gasteiger partial charge in [0.2, 0.25) is 11.9 Å². The molecule has 14 nitrogen and oxygen atoms in total. The number of anilines is 2. The fraction of sp³-hybridized carbons (Fsp3) is 0.442. The maximum atomic E-state index is 13.1. The van der Waals surface area contributed by atoms with Crippen LogP contribution in [0.3, 0.4) is 0 Å². The first-order valence-electron chi connectivity index (χ1n) is 19.5. The van der Waals surface area contributed by atoms with Crippen LogP contribution in [0.4, 0.5) is 21.5 Å². The summed E-state index contributed by atoms with van der Waals surface area (Å²) in [6.45, 7) is 12.2. The van der Waals surface area contributed by atoms with E-state index in [0.717, 1.165) is 31.2 Å². The van der Waals surface area contributed by atoms with E-state index in [4.69, 9.17) is 19.2 Å². The molecule has 14 heteroatoms. The summed E-state index contributed by atoms with van der Waals surface area (Å²) in [6, 6.07) is 23.1. The van der Waals surface area contributed by atoms with E-state index in [1.54, 1.807) is 37.8 Å². The van der Waals surface area contributed by atoms with Crippen molar-refractivity contribution >= 4 is 58.1 Å². The maximum absolute atomic E-state index is 13.1. The van der Waals surface area contributed by atoms with Crippen molar-refractivity contribution in [2.45, 2.75) is 110 Å². The molecule has 0 bridgehead atoms. The lowest BCUT2D eigenvalue weighted by atomic mass is 10.0. The average molecular weight is 781 g/mol. The van der Waals surface area contributed by atoms with Crippen LogP contribution in [0.5, 0.6) is 0 Å². The molecule has 7 rings (SSSR count). The van der Waals surface area contributed by atoms with Gasteiger partial charge in [0.15, 0.2) is 0 Å². The van der Waals surface area contributed by atoms with Crippen LogP contribution < -0.4 is 9.80 Å². The van der Waals surface area contributed by atoms with Gasteiger partial charge in [-0.05, 0) is 110 Å². The number of carbonyl (C=O) groups is 4. The SMILES string of the molecule is CC(C)(C)OC(=O)n1c(N2CCCC[C@H]2C(=O)O)nc2ccccc21.CC(C)(C)OC(=O)n1c(N2CCCC[C@H]2C(=O)OCc2ccccc2)nc2ccccc21. The molecule has 2 saturated heterocycles. The third-order valence-corrected chi connectivity index (χ3v) is 9.54. The van der Waals surface area contributed by atoms with Gasteiger partial charge in [0.25, 0.3) is 0 Å². The summed E-state index contributed by atoms with van der Waals surface area (Å²) in [5.74, 6) is -0.455. The number of nitrogens with zero attached hydrogens (tertiary/aromatic N) is 6. The molecular formula is C43H52N6O8. The lowest BCUT2D eigenvalue weighted by Crippen LogP contribution is -2.47. The second-order valence-corrected chi connectivity index (χ2v) is 16.3. The van der Waals surface area contributed by atoms with Crippen LogP contribution in [0.25, 0.3) is 22.1 Å². The minimum atomic E-state index is -0.900. The molecule has 0 saturated carbocycles. The van der Waals surface area contributed by atoms with E-state index in [1.807, 2.05) is 92.4 Å². The summed E-state index contributed by atoms with van der Waals surface area (Å²) in [4.78, 5) is 63.5. The number of carbonyl (C=O) groups excluding carboxylic acids is 3. The van der Waals surface area contributed by atoms with Gasteiger partial charge in [0.05, 0.1) is 22.1 Å². The third kappa shape index (κ3) is 9.73. The number of fused-ring (bicyclic) bond motifs is 2. The van der Waals surface area contributed by atoms with Crippen molar-refractivity contribution < 1.29 is 38.5 Å². The standard InChI is InChI=1S/C25H29N3O4.C18H23N3O4/c1-25(2,3)32-24(30)28-20-14-8-7-13-19(20)26-23(28)27-16-10-9-15-21(27)22(29)31-17-18-11-5-4-6-12-18;1-18(2,3)25-17(24)21-13-9-5-4-8-12(13)19-16(21)20-11-7-6-10-14(20)15(22)23/h4-8,11-14,21H,9-10,15-17H2,1-3H3;4-5,8-9,14H,6-7,10-11H2,1-3H3,(H,22,23)/t21-;14-/m00/s1. The van der Waals surface area contributed by atoms with E-state index in [2.05, 4.69) is 4.98 Å². The van der Waals surface area contributed by atoms with E-state index in [9.17, 15) is 24.3 Å². The third-order valence-electron chi connectivity index (χ3n) is 9.54. The predicted octanol–water partition coefficient (Wildman–Crippen LogP) is 8.18. The number of ether oxygens (including phenoxy) is 3. The number of esters is 1. The van der Waals surface area contributed by atoms with Gasteiger partial charge in [-0.2, -0.15) is 0 Å². The Morgan fingerprint density at radius 1 is 0.632 bits per heavy atom. The summed E-state index contributed by atoms with van der Waals surface area (Å²) in [5, 5.41) is 9.57. The number of hydrogen-bond acceptors (Lipinski definition) is 11. The molecule has 2 aliphatic heterocycles. The monoisotopic (exact) mass is 780 g/mol. The largest absolute Gasteiger partial charge is 0.480 e. The van der Waals surface area contributed by atoms with Gasteiger partial charge >= 0.3 is 24.1 Å². The highest BCUT2D eigenvalue weighted by Crippen LogP contribution is 2.31. The van der Waals surface area contributed by atoms with Crippen molar-refractivity contribution in [3.05, 3.63) is 84.4 Å². The minimum absolute atomic E-state index is 0.215. The summed E-state index contributed by atoms with van der Waals surface area (Å²) in [7, 11) is 0. The highest BCUT2D eigenvalue weighted by atomic mass is 16.6. The summed E-state index contributed by atoms with van der Waals surface area (Å²) >= 11 is 0. The van der Waals surface area contributed by atoms with E-state index < -0.39 is 41.4 Å². The lowest BCUT2D eigenvalue weighted by Gasteiger charge is -2.35. The molecule has 2 fully saturated rings. The van der Waals surface area contributed by atoms with E-state index in [1.165, 1.54) is 9.13 Å². The van der Waals surface area contributed by atoms with Crippen LogP contribution in [0.2, 0.25) is 0 Å². The number of rotatable bonds is 6. The Labute approximate surface area is 332 Å². The van der Waals surface area contributed by atoms with Crippen LogP contribution in [0.1, 0.15) is 85.6 Å². The van der Waals surface area contributed by atoms with Gasteiger partial charge < -0.3 is 29.1 Å². The first kappa shape index (κ1) is 40.7. The van der Waals surface area contributed by atoms with Crippen LogP contribution >= 0.6 is 0 Å². The molecule has 302 valence electrons. The zero-order valence-electron chi connectivity index (χ0n) is 33.5. The maximum Gasteiger partial charge on any atom is 0.421 e. The number of imidazole rings is 2. The fourth-order valence-corrected chi connectivity index (χ4v) is 7.06.